The van der Waals surface area contributed by atoms with E-state index in [9.17, 15) is 10.1 Å². The minimum Gasteiger partial charge on any atom is -0.346 e. The van der Waals surface area contributed by atoms with E-state index in [1.54, 1.807) is 31.3 Å². The minimum absolute atomic E-state index is 0.125. The zero-order chi connectivity index (χ0) is 15.6. The predicted molar refractivity (Wildman–Crippen MR) is 76.5 cm³/mol. The summed E-state index contributed by atoms with van der Waals surface area (Å²) in [6, 6.07) is 0. The predicted octanol–water partition coefficient (Wildman–Crippen LogP) is 0.349. The Labute approximate surface area is 120 Å². The highest BCUT2D eigenvalue weighted by Crippen LogP contribution is 2.29. The van der Waals surface area contributed by atoms with Gasteiger partial charge in [0.05, 0.1) is 11.5 Å². The average molecular weight is 292 g/mol. The number of rotatable bonds is 5. The van der Waals surface area contributed by atoms with Crippen LogP contribution in [0.25, 0.3) is 0 Å². The zero-order valence-electron chi connectivity index (χ0n) is 11.9. The van der Waals surface area contributed by atoms with E-state index in [-0.39, 0.29) is 23.1 Å². The summed E-state index contributed by atoms with van der Waals surface area (Å²) in [5.41, 5.74) is 2.40. The number of nitrogens with one attached hydrogen (secondary N) is 1. The van der Waals surface area contributed by atoms with Crippen molar-refractivity contribution < 1.29 is 4.92 Å². The van der Waals surface area contributed by atoms with Crippen LogP contribution in [0.4, 0.5) is 17.5 Å². The Hall–Kier alpha value is -2.75. The summed E-state index contributed by atoms with van der Waals surface area (Å²) in [6.45, 7) is 1.91. The Morgan fingerprint density at radius 1 is 1.52 bits per heavy atom. The van der Waals surface area contributed by atoms with Crippen LogP contribution in [0.15, 0.2) is 12.4 Å². The molecule has 21 heavy (non-hydrogen) atoms. The molecule has 2 rings (SSSR count). The number of hydrogen-bond donors (Lipinski definition) is 2. The van der Waals surface area contributed by atoms with Crippen molar-refractivity contribution in [2.75, 3.05) is 17.4 Å². The molecule has 0 fully saturated rings. The Morgan fingerprint density at radius 3 is 2.76 bits per heavy atom. The topological polar surface area (TPSA) is 128 Å². The second-order valence-electron chi connectivity index (χ2n) is 4.52. The number of aryl methyl sites for hydroxylation is 2. The van der Waals surface area contributed by atoms with E-state index >= 15 is 0 Å². The van der Waals surface area contributed by atoms with E-state index in [0.29, 0.717) is 6.54 Å². The highest BCUT2D eigenvalue weighted by molar-refractivity contribution is 5.61. The summed E-state index contributed by atoms with van der Waals surface area (Å²) in [4.78, 5) is 24.6. The van der Waals surface area contributed by atoms with Gasteiger partial charge in [0.15, 0.2) is 0 Å². The van der Waals surface area contributed by atoms with Crippen LogP contribution in [-0.2, 0) is 13.6 Å². The molecular formula is C11H16N8O2. The summed E-state index contributed by atoms with van der Waals surface area (Å²) in [7, 11) is 3.55. The number of anilines is 2. The molecule has 0 unspecified atom stereocenters. The van der Waals surface area contributed by atoms with Crippen molar-refractivity contribution in [2.45, 2.75) is 13.5 Å². The summed E-state index contributed by atoms with van der Waals surface area (Å²) in [6.07, 6.45) is 3.46. The summed E-state index contributed by atoms with van der Waals surface area (Å²) < 4.78 is 1.83. The highest BCUT2D eigenvalue weighted by atomic mass is 16.6. The molecule has 0 saturated carbocycles. The SMILES string of the molecule is Cc1nc(NN)nc(N(C)Cc2nccn2C)c1[N+](=O)[O-]. The molecule has 3 N–H and O–H groups in total. The Balaban J connectivity index is 2.43. The molecule has 10 nitrogen and oxygen atoms in total. The van der Waals surface area contributed by atoms with Gasteiger partial charge in [-0.15, -0.1) is 0 Å². The van der Waals surface area contributed by atoms with Gasteiger partial charge >= 0.3 is 5.69 Å². The largest absolute Gasteiger partial charge is 0.346 e. The van der Waals surface area contributed by atoms with Crippen molar-refractivity contribution in [1.29, 1.82) is 0 Å². The van der Waals surface area contributed by atoms with Gasteiger partial charge in [-0.1, -0.05) is 0 Å². The van der Waals surface area contributed by atoms with Gasteiger partial charge in [-0.2, -0.15) is 4.98 Å². The third-order valence-electron chi connectivity index (χ3n) is 3.01. The van der Waals surface area contributed by atoms with E-state index in [1.165, 1.54) is 0 Å². The first kappa shape index (κ1) is 14.7. The van der Waals surface area contributed by atoms with Crippen molar-refractivity contribution in [3.8, 4) is 0 Å². The maximum atomic E-state index is 11.2. The van der Waals surface area contributed by atoms with E-state index in [4.69, 9.17) is 5.84 Å². The highest BCUT2D eigenvalue weighted by Gasteiger charge is 2.25. The molecule has 0 aliphatic rings. The number of nitrogen functional groups attached to an aromatic ring is 1. The molecule has 112 valence electrons. The first-order chi connectivity index (χ1) is 9.93. The lowest BCUT2D eigenvalue weighted by atomic mass is 10.3. The summed E-state index contributed by atoms with van der Waals surface area (Å²) in [5, 5.41) is 11.2. The molecule has 0 saturated heterocycles. The lowest BCUT2D eigenvalue weighted by Crippen LogP contribution is -2.23. The number of hydrazine groups is 1. The fourth-order valence-corrected chi connectivity index (χ4v) is 1.93. The van der Waals surface area contributed by atoms with Crippen molar-refractivity contribution >= 4 is 17.5 Å². The monoisotopic (exact) mass is 292 g/mol. The number of nitrogens with zero attached hydrogens (tertiary/aromatic N) is 6. The van der Waals surface area contributed by atoms with Crippen LogP contribution < -0.4 is 16.2 Å². The summed E-state index contributed by atoms with van der Waals surface area (Å²) in [5.74, 6) is 6.36. The molecular weight excluding hydrogens is 276 g/mol. The number of hydrogen-bond acceptors (Lipinski definition) is 8. The van der Waals surface area contributed by atoms with Crippen LogP contribution in [0.3, 0.4) is 0 Å². The zero-order valence-corrected chi connectivity index (χ0v) is 11.9. The van der Waals surface area contributed by atoms with Gasteiger partial charge in [0, 0.05) is 26.5 Å². The van der Waals surface area contributed by atoms with Crippen LogP contribution in [0.1, 0.15) is 11.5 Å². The van der Waals surface area contributed by atoms with E-state index < -0.39 is 4.92 Å². The smallest absolute Gasteiger partial charge is 0.332 e. The fraction of sp³-hybridized carbons (Fsp3) is 0.364. The first-order valence-corrected chi connectivity index (χ1v) is 6.11. The second-order valence-corrected chi connectivity index (χ2v) is 4.52. The Kier molecular flexibility index (Phi) is 3.98. The molecule has 0 aliphatic heterocycles. The van der Waals surface area contributed by atoms with Gasteiger partial charge in [-0.25, -0.2) is 15.8 Å². The van der Waals surface area contributed by atoms with E-state index in [2.05, 4.69) is 20.4 Å². The molecule has 0 spiro atoms. The van der Waals surface area contributed by atoms with Crippen LogP contribution in [0.5, 0.6) is 0 Å². The van der Waals surface area contributed by atoms with E-state index in [1.807, 2.05) is 11.6 Å². The number of imidazole rings is 1. The van der Waals surface area contributed by atoms with Gasteiger partial charge in [0.2, 0.25) is 11.8 Å². The number of nitrogens with two attached hydrogens (primary N) is 1. The molecule has 0 aromatic carbocycles. The lowest BCUT2D eigenvalue weighted by molar-refractivity contribution is -0.385. The molecule has 2 aromatic rings. The van der Waals surface area contributed by atoms with Crippen molar-refractivity contribution in [3.05, 3.63) is 34.0 Å². The molecule has 0 amide bonds. The van der Waals surface area contributed by atoms with Gasteiger partial charge < -0.3 is 9.47 Å². The molecule has 0 atom stereocenters. The van der Waals surface area contributed by atoms with E-state index in [0.717, 1.165) is 5.82 Å². The molecule has 2 heterocycles. The van der Waals surface area contributed by atoms with Crippen LogP contribution >= 0.6 is 0 Å². The first-order valence-electron chi connectivity index (χ1n) is 6.11. The fourth-order valence-electron chi connectivity index (χ4n) is 1.93. The third-order valence-corrected chi connectivity index (χ3v) is 3.01. The Morgan fingerprint density at radius 2 is 2.24 bits per heavy atom. The number of nitro groups is 1. The maximum Gasteiger partial charge on any atom is 0.332 e. The molecule has 0 radical (unpaired) electrons. The van der Waals surface area contributed by atoms with Crippen molar-refractivity contribution in [2.24, 2.45) is 12.9 Å². The van der Waals surface area contributed by atoms with Gasteiger partial charge in [0.1, 0.15) is 11.5 Å². The number of aromatic nitrogens is 4. The third kappa shape index (κ3) is 2.89. The van der Waals surface area contributed by atoms with Crippen molar-refractivity contribution in [1.82, 2.24) is 19.5 Å². The quantitative estimate of drug-likeness (QED) is 0.459. The van der Waals surface area contributed by atoms with Gasteiger partial charge in [-0.05, 0) is 6.92 Å². The second kappa shape index (κ2) is 5.71. The Bertz CT molecular complexity index is 668. The van der Waals surface area contributed by atoms with Gasteiger partial charge in [-0.3, -0.25) is 15.5 Å². The van der Waals surface area contributed by atoms with Crippen molar-refractivity contribution in [3.63, 3.8) is 0 Å². The molecule has 0 bridgehead atoms. The summed E-state index contributed by atoms with van der Waals surface area (Å²) >= 11 is 0. The van der Waals surface area contributed by atoms with Crippen LogP contribution in [0, 0.1) is 17.0 Å². The van der Waals surface area contributed by atoms with Crippen LogP contribution in [0.2, 0.25) is 0 Å². The average Bonchev–Trinajstić information content (AvgIpc) is 2.82. The molecule has 10 heteroatoms. The lowest BCUT2D eigenvalue weighted by Gasteiger charge is -2.18. The maximum absolute atomic E-state index is 11.2. The standard InChI is InChI=1S/C11H16N8O2/c1-7-9(19(20)21)10(15-11(14-7)16-12)18(3)6-8-13-4-5-17(8)2/h4-5H,6,12H2,1-3H3,(H,14,15,16). The molecule has 2 aromatic heterocycles. The molecule has 0 aliphatic carbocycles. The minimum atomic E-state index is -0.500. The van der Waals surface area contributed by atoms with Crippen LogP contribution in [-0.4, -0.2) is 31.5 Å². The van der Waals surface area contributed by atoms with Gasteiger partial charge in [0.25, 0.3) is 0 Å². The normalized spacial score (nSPS) is 10.5.